The fourth-order valence-electron chi connectivity index (χ4n) is 2.84. The Labute approximate surface area is 148 Å². The van der Waals surface area contributed by atoms with Gasteiger partial charge in [-0.05, 0) is 44.0 Å². The largest absolute Gasteiger partial charge is 0.497 e. The second-order valence-corrected chi connectivity index (χ2v) is 5.92. The number of carbonyl (C=O) groups is 2. The van der Waals surface area contributed by atoms with Gasteiger partial charge in [0.05, 0.1) is 19.1 Å². The van der Waals surface area contributed by atoms with Crippen LogP contribution in [0.15, 0.2) is 24.3 Å². The van der Waals surface area contributed by atoms with Crippen LogP contribution in [0.2, 0.25) is 0 Å². The van der Waals surface area contributed by atoms with Gasteiger partial charge in [0.25, 0.3) is 0 Å². The number of carbonyl (C=O) groups excluding carboxylic acids is 1. The number of ether oxygens (including phenoxy) is 1. The fraction of sp³-hybridized carbons (Fsp3) is 0.529. The lowest BCUT2D eigenvalue weighted by Crippen LogP contribution is -2.50. The fourth-order valence-corrected chi connectivity index (χ4v) is 2.84. The molecule has 1 amide bonds. The van der Waals surface area contributed by atoms with Crippen molar-refractivity contribution in [1.29, 1.82) is 0 Å². The van der Waals surface area contributed by atoms with E-state index in [0.29, 0.717) is 19.5 Å². The Balaban J connectivity index is 0.00000288. The third-order valence-electron chi connectivity index (χ3n) is 4.33. The SMILES string of the molecule is COc1cccc(CNC(=O)C(C)N2CCCC(C(=O)O)C2)c1.Cl. The highest BCUT2D eigenvalue weighted by molar-refractivity contribution is 5.85. The predicted molar refractivity (Wildman–Crippen MR) is 93.5 cm³/mol. The van der Waals surface area contributed by atoms with Gasteiger partial charge in [-0.3, -0.25) is 14.5 Å². The molecule has 2 unspecified atom stereocenters. The number of carboxylic acids is 1. The van der Waals surface area contributed by atoms with Crippen LogP contribution >= 0.6 is 12.4 Å². The van der Waals surface area contributed by atoms with Gasteiger partial charge in [0.15, 0.2) is 0 Å². The zero-order chi connectivity index (χ0) is 16.8. The van der Waals surface area contributed by atoms with E-state index in [2.05, 4.69) is 5.32 Å². The molecule has 0 aliphatic carbocycles. The van der Waals surface area contributed by atoms with Crippen LogP contribution in [-0.4, -0.2) is 48.1 Å². The average molecular weight is 357 g/mol. The van der Waals surface area contributed by atoms with Gasteiger partial charge < -0.3 is 15.2 Å². The molecule has 1 aromatic rings. The number of benzene rings is 1. The molecule has 0 saturated carbocycles. The first-order valence-electron chi connectivity index (χ1n) is 7.88. The number of aliphatic carboxylic acids is 1. The van der Waals surface area contributed by atoms with Crippen molar-refractivity contribution in [2.45, 2.75) is 32.4 Å². The number of nitrogens with zero attached hydrogens (tertiary/aromatic N) is 1. The minimum atomic E-state index is -0.779. The lowest BCUT2D eigenvalue weighted by Gasteiger charge is -2.34. The number of rotatable bonds is 6. The topological polar surface area (TPSA) is 78.9 Å². The smallest absolute Gasteiger partial charge is 0.307 e. The summed E-state index contributed by atoms with van der Waals surface area (Å²) in [6.45, 7) is 3.45. The first kappa shape index (κ1) is 20.3. The Hall–Kier alpha value is -1.79. The average Bonchev–Trinajstić information content (AvgIpc) is 2.59. The molecule has 6 nitrogen and oxygen atoms in total. The van der Waals surface area contributed by atoms with Crippen molar-refractivity contribution in [2.24, 2.45) is 5.92 Å². The van der Waals surface area contributed by atoms with Crippen LogP contribution in [0.5, 0.6) is 5.75 Å². The van der Waals surface area contributed by atoms with E-state index in [4.69, 9.17) is 9.84 Å². The molecule has 24 heavy (non-hydrogen) atoms. The second-order valence-electron chi connectivity index (χ2n) is 5.92. The maximum absolute atomic E-state index is 12.3. The molecule has 0 spiro atoms. The second kappa shape index (κ2) is 9.49. The highest BCUT2D eigenvalue weighted by Gasteiger charge is 2.30. The molecule has 1 aliphatic heterocycles. The van der Waals surface area contributed by atoms with Crippen LogP contribution in [0.3, 0.4) is 0 Å². The first-order chi connectivity index (χ1) is 11.0. The summed E-state index contributed by atoms with van der Waals surface area (Å²) in [6.07, 6.45) is 1.49. The molecule has 1 aliphatic rings. The minimum absolute atomic E-state index is 0. The van der Waals surface area contributed by atoms with Gasteiger partial charge in [-0.2, -0.15) is 0 Å². The zero-order valence-electron chi connectivity index (χ0n) is 14.0. The Kier molecular flexibility index (Phi) is 8.01. The van der Waals surface area contributed by atoms with E-state index in [9.17, 15) is 9.59 Å². The van der Waals surface area contributed by atoms with Crippen LogP contribution in [0, 0.1) is 5.92 Å². The van der Waals surface area contributed by atoms with Gasteiger partial charge in [0.2, 0.25) is 5.91 Å². The number of nitrogens with one attached hydrogen (secondary N) is 1. The van der Waals surface area contributed by atoms with Gasteiger partial charge in [0.1, 0.15) is 5.75 Å². The summed E-state index contributed by atoms with van der Waals surface area (Å²) >= 11 is 0. The molecule has 0 bridgehead atoms. The zero-order valence-corrected chi connectivity index (χ0v) is 14.8. The Bertz CT molecular complexity index is 567. The summed E-state index contributed by atoms with van der Waals surface area (Å²) in [5, 5.41) is 12.0. The Morgan fingerprint density at radius 3 is 2.88 bits per heavy atom. The van der Waals surface area contributed by atoms with E-state index >= 15 is 0 Å². The lowest BCUT2D eigenvalue weighted by molar-refractivity contribution is -0.145. The maximum atomic E-state index is 12.3. The van der Waals surface area contributed by atoms with E-state index in [1.165, 1.54) is 0 Å². The number of likely N-dealkylation sites (tertiary alicyclic amines) is 1. The summed E-state index contributed by atoms with van der Waals surface area (Å²) in [5.41, 5.74) is 0.965. The van der Waals surface area contributed by atoms with E-state index in [0.717, 1.165) is 24.3 Å². The van der Waals surface area contributed by atoms with Crippen molar-refractivity contribution >= 4 is 24.3 Å². The van der Waals surface area contributed by atoms with Crippen molar-refractivity contribution in [1.82, 2.24) is 10.2 Å². The van der Waals surface area contributed by atoms with Crippen molar-refractivity contribution in [3.05, 3.63) is 29.8 Å². The van der Waals surface area contributed by atoms with E-state index in [1.807, 2.05) is 36.1 Å². The first-order valence-corrected chi connectivity index (χ1v) is 7.88. The molecule has 0 radical (unpaired) electrons. The van der Waals surface area contributed by atoms with Crippen LogP contribution in [0.25, 0.3) is 0 Å². The lowest BCUT2D eigenvalue weighted by atomic mass is 9.97. The normalized spacial score (nSPS) is 19.0. The van der Waals surface area contributed by atoms with Gasteiger partial charge >= 0.3 is 5.97 Å². The third-order valence-corrected chi connectivity index (χ3v) is 4.33. The molecule has 1 heterocycles. The van der Waals surface area contributed by atoms with E-state index < -0.39 is 5.97 Å². The molecular weight excluding hydrogens is 332 g/mol. The standard InChI is InChI=1S/C17H24N2O4.ClH/c1-12(19-8-4-6-14(11-19)17(21)22)16(20)18-10-13-5-3-7-15(9-13)23-2;/h3,5,7,9,12,14H,4,6,8,10-11H2,1-2H3,(H,18,20)(H,21,22);1H. The summed E-state index contributed by atoms with van der Waals surface area (Å²) in [4.78, 5) is 25.4. The molecule has 2 atom stereocenters. The number of hydrogen-bond donors (Lipinski definition) is 2. The number of piperidine rings is 1. The van der Waals surface area contributed by atoms with E-state index in [1.54, 1.807) is 7.11 Å². The highest BCUT2D eigenvalue weighted by atomic mass is 35.5. The predicted octanol–water partition coefficient (Wildman–Crippen LogP) is 1.92. The molecule has 1 saturated heterocycles. The number of methoxy groups -OCH3 is 1. The molecule has 1 fully saturated rings. The third kappa shape index (κ3) is 5.39. The van der Waals surface area contributed by atoms with Crippen molar-refractivity contribution in [2.75, 3.05) is 20.2 Å². The highest BCUT2D eigenvalue weighted by Crippen LogP contribution is 2.19. The van der Waals surface area contributed by atoms with Gasteiger partial charge in [-0.1, -0.05) is 12.1 Å². The van der Waals surface area contributed by atoms with Crippen LogP contribution in [0.4, 0.5) is 0 Å². The molecular formula is C17H25ClN2O4. The Morgan fingerprint density at radius 2 is 2.21 bits per heavy atom. The molecule has 7 heteroatoms. The number of amides is 1. The van der Waals surface area contributed by atoms with Crippen LogP contribution in [-0.2, 0) is 16.1 Å². The summed E-state index contributed by atoms with van der Waals surface area (Å²) in [7, 11) is 1.61. The molecule has 0 aromatic heterocycles. The molecule has 1 aromatic carbocycles. The number of carboxylic acid groups (broad SMARTS) is 1. The van der Waals surface area contributed by atoms with Crippen molar-refractivity contribution in [3.8, 4) is 5.75 Å². The summed E-state index contributed by atoms with van der Waals surface area (Å²) in [6, 6.07) is 7.21. The maximum Gasteiger partial charge on any atom is 0.307 e. The van der Waals surface area contributed by atoms with Crippen molar-refractivity contribution < 1.29 is 19.4 Å². The Morgan fingerprint density at radius 1 is 1.46 bits per heavy atom. The van der Waals surface area contributed by atoms with Crippen molar-refractivity contribution in [3.63, 3.8) is 0 Å². The summed E-state index contributed by atoms with van der Waals surface area (Å²) in [5.74, 6) is -0.486. The monoisotopic (exact) mass is 356 g/mol. The molecule has 2 rings (SSSR count). The molecule has 2 N–H and O–H groups in total. The number of halogens is 1. The number of hydrogen-bond acceptors (Lipinski definition) is 4. The quantitative estimate of drug-likeness (QED) is 0.814. The summed E-state index contributed by atoms with van der Waals surface area (Å²) < 4.78 is 5.16. The van der Waals surface area contributed by atoms with Gasteiger partial charge in [-0.15, -0.1) is 12.4 Å². The van der Waals surface area contributed by atoms with Crippen LogP contribution in [0.1, 0.15) is 25.3 Å². The van der Waals surface area contributed by atoms with Gasteiger partial charge in [-0.25, -0.2) is 0 Å². The minimum Gasteiger partial charge on any atom is -0.497 e. The van der Waals surface area contributed by atoms with Crippen LogP contribution < -0.4 is 10.1 Å². The van der Waals surface area contributed by atoms with Gasteiger partial charge in [0, 0.05) is 13.1 Å². The van der Waals surface area contributed by atoms with E-state index in [-0.39, 0.29) is 30.3 Å². The molecule has 134 valence electrons.